The summed E-state index contributed by atoms with van der Waals surface area (Å²) in [7, 11) is 1.66. The molecule has 0 atom stereocenters. The van der Waals surface area contributed by atoms with Gasteiger partial charge in [0.1, 0.15) is 17.3 Å². The molecule has 0 saturated heterocycles. The highest BCUT2D eigenvalue weighted by Crippen LogP contribution is 2.19. The first-order valence-corrected chi connectivity index (χ1v) is 11.6. The van der Waals surface area contributed by atoms with Crippen molar-refractivity contribution < 1.29 is 14.3 Å². The molecule has 0 unspecified atom stereocenters. The fourth-order valence-electron chi connectivity index (χ4n) is 3.90. The molecule has 3 aromatic rings. The van der Waals surface area contributed by atoms with Crippen molar-refractivity contribution in [3.63, 3.8) is 0 Å². The Morgan fingerprint density at radius 2 is 1.75 bits per heavy atom. The third-order valence-corrected chi connectivity index (χ3v) is 5.84. The number of amides is 1. The number of para-hydroxylation sites is 2. The summed E-state index contributed by atoms with van der Waals surface area (Å²) < 4.78 is 13.3. The van der Waals surface area contributed by atoms with E-state index in [0.717, 1.165) is 67.0 Å². The van der Waals surface area contributed by atoms with E-state index in [1.807, 2.05) is 42.5 Å². The normalized spacial score (nSPS) is 11.1. The van der Waals surface area contributed by atoms with E-state index in [2.05, 4.69) is 29.8 Å². The topological polar surface area (TPSA) is 65.4 Å². The number of methoxy groups -OCH3 is 1. The van der Waals surface area contributed by atoms with Crippen LogP contribution in [0.25, 0.3) is 11.0 Å². The van der Waals surface area contributed by atoms with Gasteiger partial charge in [0.05, 0.1) is 24.8 Å². The van der Waals surface area contributed by atoms with Gasteiger partial charge in [-0.15, -0.1) is 0 Å². The molecule has 0 bridgehead atoms. The number of ether oxygens (including phenoxy) is 2. The third-order valence-electron chi connectivity index (χ3n) is 5.84. The number of aromatic nitrogens is 2. The van der Waals surface area contributed by atoms with E-state index in [1.54, 1.807) is 7.11 Å². The quantitative estimate of drug-likeness (QED) is 0.382. The second kappa shape index (κ2) is 12.1. The molecule has 172 valence electrons. The second-order valence-corrected chi connectivity index (χ2v) is 7.95. The summed E-state index contributed by atoms with van der Waals surface area (Å²) in [5.41, 5.74) is 2.15. The smallest absolute Gasteiger partial charge is 0.223 e. The number of aryl methyl sites for hydroxylation is 1. The van der Waals surface area contributed by atoms with Gasteiger partial charge in [0.2, 0.25) is 5.91 Å². The lowest BCUT2D eigenvalue weighted by molar-refractivity contribution is -0.125. The summed E-state index contributed by atoms with van der Waals surface area (Å²) in [6.45, 7) is 6.28. The van der Waals surface area contributed by atoms with Crippen molar-refractivity contribution in [2.24, 2.45) is 5.92 Å². The largest absolute Gasteiger partial charge is 0.497 e. The van der Waals surface area contributed by atoms with Crippen LogP contribution in [0, 0.1) is 5.92 Å². The minimum atomic E-state index is 0.0968. The van der Waals surface area contributed by atoms with Crippen LogP contribution >= 0.6 is 0 Å². The van der Waals surface area contributed by atoms with Crippen molar-refractivity contribution in [3.05, 3.63) is 54.4 Å². The molecular formula is C26H35N3O3. The van der Waals surface area contributed by atoms with Crippen molar-refractivity contribution in [3.8, 4) is 11.5 Å². The summed E-state index contributed by atoms with van der Waals surface area (Å²) >= 11 is 0. The molecule has 0 spiro atoms. The Labute approximate surface area is 190 Å². The SMILES string of the molecule is CCC(CC)C(=O)NCCc1nc2ccccc2n1CCCCOc1ccc(OC)cc1. The van der Waals surface area contributed by atoms with E-state index in [9.17, 15) is 4.79 Å². The van der Waals surface area contributed by atoms with E-state index < -0.39 is 0 Å². The van der Waals surface area contributed by atoms with Crippen LogP contribution in [-0.2, 0) is 17.8 Å². The van der Waals surface area contributed by atoms with Crippen LogP contribution in [0.1, 0.15) is 45.4 Å². The van der Waals surface area contributed by atoms with Gasteiger partial charge in [0, 0.05) is 25.4 Å². The Morgan fingerprint density at radius 3 is 2.47 bits per heavy atom. The first-order valence-electron chi connectivity index (χ1n) is 11.6. The highest BCUT2D eigenvalue weighted by Gasteiger charge is 2.15. The molecule has 1 aromatic heterocycles. The number of unbranched alkanes of at least 4 members (excludes halogenated alkanes) is 1. The Morgan fingerprint density at radius 1 is 1.03 bits per heavy atom. The lowest BCUT2D eigenvalue weighted by atomic mass is 10.0. The van der Waals surface area contributed by atoms with Crippen LogP contribution in [0.4, 0.5) is 0 Å². The first kappa shape index (κ1) is 23.6. The molecular weight excluding hydrogens is 402 g/mol. The zero-order valence-corrected chi connectivity index (χ0v) is 19.5. The summed E-state index contributed by atoms with van der Waals surface area (Å²) in [5.74, 6) is 2.95. The van der Waals surface area contributed by atoms with Crippen LogP contribution in [0.2, 0.25) is 0 Å². The molecule has 1 heterocycles. The van der Waals surface area contributed by atoms with Crippen LogP contribution in [0.15, 0.2) is 48.5 Å². The highest BCUT2D eigenvalue weighted by molar-refractivity contribution is 5.78. The number of hydrogen-bond acceptors (Lipinski definition) is 4. The van der Waals surface area contributed by atoms with E-state index >= 15 is 0 Å². The van der Waals surface area contributed by atoms with Crippen molar-refractivity contribution in [1.29, 1.82) is 0 Å². The molecule has 1 amide bonds. The number of hydrogen-bond donors (Lipinski definition) is 1. The zero-order valence-electron chi connectivity index (χ0n) is 19.5. The van der Waals surface area contributed by atoms with Gasteiger partial charge in [-0.05, 0) is 62.1 Å². The fraction of sp³-hybridized carbons (Fsp3) is 0.462. The molecule has 2 aromatic carbocycles. The molecule has 3 rings (SSSR count). The number of nitrogens with zero attached hydrogens (tertiary/aromatic N) is 2. The first-order chi connectivity index (χ1) is 15.7. The molecule has 0 radical (unpaired) electrons. The van der Waals surface area contributed by atoms with Crippen molar-refractivity contribution in [1.82, 2.24) is 14.9 Å². The van der Waals surface area contributed by atoms with Crippen LogP contribution < -0.4 is 14.8 Å². The summed E-state index contributed by atoms with van der Waals surface area (Å²) in [4.78, 5) is 17.1. The van der Waals surface area contributed by atoms with Gasteiger partial charge in [0.25, 0.3) is 0 Å². The number of benzene rings is 2. The number of fused-ring (bicyclic) bond motifs is 1. The number of carbonyl (C=O) groups is 1. The number of nitrogens with one attached hydrogen (secondary N) is 1. The zero-order chi connectivity index (χ0) is 22.8. The average molecular weight is 438 g/mol. The van der Waals surface area contributed by atoms with Gasteiger partial charge in [0.15, 0.2) is 0 Å². The molecule has 6 nitrogen and oxygen atoms in total. The lowest BCUT2D eigenvalue weighted by Crippen LogP contribution is -2.32. The summed E-state index contributed by atoms with van der Waals surface area (Å²) in [5, 5.41) is 3.09. The second-order valence-electron chi connectivity index (χ2n) is 7.95. The van der Waals surface area contributed by atoms with Crippen molar-refractivity contribution >= 4 is 16.9 Å². The Bertz CT molecular complexity index is 978. The van der Waals surface area contributed by atoms with Crippen molar-refractivity contribution in [2.75, 3.05) is 20.3 Å². The molecule has 0 fully saturated rings. The minimum absolute atomic E-state index is 0.0968. The van der Waals surface area contributed by atoms with E-state index in [-0.39, 0.29) is 11.8 Å². The van der Waals surface area contributed by atoms with Gasteiger partial charge in [-0.1, -0.05) is 26.0 Å². The van der Waals surface area contributed by atoms with E-state index in [4.69, 9.17) is 14.5 Å². The predicted molar refractivity (Wildman–Crippen MR) is 128 cm³/mol. The highest BCUT2D eigenvalue weighted by atomic mass is 16.5. The number of rotatable bonds is 13. The molecule has 0 aliphatic carbocycles. The Hall–Kier alpha value is -3.02. The Balaban J connectivity index is 1.53. The lowest BCUT2D eigenvalue weighted by Gasteiger charge is -2.13. The minimum Gasteiger partial charge on any atom is -0.497 e. The maximum atomic E-state index is 12.3. The fourth-order valence-corrected chi connectivity index (χ4v) is 3.90. The van der Waals surface area contributed by atoms with Crippen LogP contribution in [0.3, 0.4) is 0 Å². The molecule has 0 saturated carbocycles. The molecule has 32 heavy (non-hydrogen) atoms. The van der Waals surface area contributed by atoms with Crippen LogP contribution in [-0.4, -0.2) is 35.7 Å². The summed E-state index contributed by atoms with van der Waals surface area (Å²) in [6, 6.07) is 15.9. The predicted octanol–water partition coefficient (Wildman–Crippen LogP) is 5.00. The van der Waals surface area contributed by atoms with Gasteiger partial charge in [-0.2, -0.15) is 0 Å². The van der Waals surface area contributed by atoms with E-state index in [0.29, 0.717) is 13.2 Å². The monoisotopic (exact) mass is 437 g/mol. The number of carbonyl (C=O) groups excluding carboxylic acids is 1. The van der Waals surface area contributed by atoms with E-state index in [1.165, 1.54) is 0 Å². The molecule has 0 aliphatic heterocycles. The van der Waals surface area contributed by atoms with Gasteiger partial charge in [-0.3, -0.25) is 4.79 Å². The van der Waals surface area contributed by atoms with Gasteiger partial charge < -0.3 is 19.4 Å². The number of imidazole rings is 1. The van der Waals surface area contributed by atoms with Gasteiger partial charge in [-0.25, -0.2) is 4.98 Å². The summed E-state index contributed by atoms with van der Waals surface area (Å²) in [6.07, 6.45) is 4.41. The average Bonchev–Trinajstić information content (AvgIpc) is 3.17. The third kappa shape index (κ3) is 6.25. The molecule has 6 heteroatoms. The van der Waals surface area contributed by atoms with Crippen LogP contribution in [0.5, 0.6) is 11.5 Å². The standard InChI is InChI=1S/C26H35N3O3/c1-4-20(5-2)26(30)27-17-16-25-28-23-10-6-7-11-24(23)29(25)18-8-9-19-32-22-14-12-21(31-3)13-15-22/h6-7,10-15,20H,4-5,8-9,16-19H2,1-3H3,(H,27,30). The maximum Gasteiger partial charge on any atom is 0.223 e. The molecule has 0 aliphatic rings. The Kier molecular flexibility index (Phi) is 8.96. The molecule has 1 N–H and O–H groups in total. The van der Waals surface area contributed by atoms with Gasteiger partial charge >= 0.3 is 0 Å². The maximum absolute atomic E-state index is 12.3. The van der Waals surface area contributed by atoms with Crippen molar-refractivity contribution in [2.45, 2.75) is 52.5 Å².